The molecule has 3 unspecified atom stereocenters. The Morgan fingerprint density at radius 1 is 1.33 bits per heavy atom. The second-order valence-electron chi connectivity index (χ2n) is 7.58. The number of aliphatic hydroxyl groups is 1. The predicted molar refractivity (Wildman–Crippen MR) is 86.8 cm³/mol. The third-order valence-corrected chi connectivity index (χ3v) is 6.34. The minimum atomic E-state index is -0.458. The van der Waals surface area contributed by atoms with E-state index < -0.39 is 11.7 Å². The summed E-state index contributed by atoms with van der Waals surface area (Å²) >= 11 is 1.87. The van der Waals surface area contributed by atoms with Crippen LogP contribution in [0.2, 0.25) is 0 Å². The summed E-state index contributed by atoms with van der Waals surface area (Å²) in [5.41, 5.74) is 0.731. The van der Waals surface area contributed by atoms with Gasteiger partial charge >= 0.3 is 0 Å². The Bertz CT molecular complexity index is 523. The number of nitrogens with zero attached hydrogens (tertiary/aromatic N) is 1. The Morgan fingerprint density at radius 2 is 2.05 bits per heavy atom. The summed E-state index contributed by atoms with van der Waals surface area (Å²) < 4.78 is 6.12. The van der Waals surface area contributed by atoms with Crippen LogP contribution in [-0.2, 0) is 11.2 Å². The van der Waals surface area contributed by atoms with Gasteiger partial charge in [0.05, 0.1) is 17.3 Å². The molecule has 2 aliphatic rings. The lowest BCUT2D eigenvalue weighted by Gasteiger charge is -2.38. The van der Waals surface area contributed by atoms with Gasteiger partial charge < -0.3 is 9.84 Å². The molecule has 1 aromatic heterocycles. The van der Waals surface area contributed by atoms with Crippen LogP contribution in [0.1, 0.15) is 51.1 Å². The largest absolute Gasteiger partial charge is 0.390 e. The van der Waals surface area contributed by atoms with E-state index in [1.165, 1.54) is 10.4 Å². The first-order chi connectivity index (χ1) is 9.72. The molecule has 4 heteroatoms. The molecule has 1 aromatic rings. The highest BCUT2D eigenvalue weighted by atomic mass is 32.1. The maximum atomic E-state index is 10.7. The highest BCUT2D eigenvalue weighted by Crippen LogP contribution is 2.44. The number of thiophene rings is 1. The molecule has 2 aliphatic heterocycles. The predicted octanol–water partition coefficient (Wildman–Crippen LogP) is 3.23. The fourth-order valence-corrected chi connectivity index (χ4v) is 5.02. The fraction of sp³-hybridized carbons (Fsp3) is 0.765. The van der Waals surface area contributed by atoms with Gasteiger partial charge in [0.2, 0.25) is 0 Å². The number of ether oxygens (including phenoxy) is 1. The van der Waals surface area contributed by atoms with Crippen molar-refractivity contribution in [3.8, 4) is 0 Å². The molecule has 0 saturated carbocycles. The summed E-state index contributed by atoms with van der Waals surface area (Å²) in [5, 5.41) is 12.9. The van der Waals surface area contributed by atoms with Crippen LogP contribution in [0.25, 0.3) is 0 Å². The van der Waals surface area contributed by atoms with Gasteiger partial charge in [-0.1, -0.05) is 0 Å². The van der Waals surface area contributed by atoms with Gasteiger partial charge in [0.1, 0.15) is 0 Å². The summed E-state index contributed by atoms with van der Waals surface area (Å²) in [7, 11) is 0. The van der Waals surface area contributed by atoms with E-state index in [0.29, 0.717) is 6.04 Å². The van der Waals surface area contributed by atoms with Crippen molar-refractivity contribution in [2.45, 2.75) is 64.4 Å². The van der Waals surface area contributed by atoms with E-state index in [1.54, 1.807) is 0 Å². The van der Waals surface area contributed by atoms with Crippen LogP contribution in [0.5, 0.6) is 0 Å². The van der Waals surface area contributed by atoms with Gasteiger partial charge in [-0.2, -0.15) is 0 Å². The van der Waals surface area contributed by atoms with E-state index in [9.17, 15) is 5.11 Å². The van der Waals surface area contributed by atoms with Crippen molar-refractivity contribution in [3.63, 3.8) is 0 Å². The Hall–Kier alpha value is -0.420. The van der Waals surface area contributed by atoms with Crippen LogP contribution < -0.4 is 0 Å². The Labute approximate surface area is 131 Å². The second kappa shape index (κ2) is 5.05. The number of fused-ring (bicyclic) bond motifs is 1. The van der Waals surface area contributed by atoms with E-state index in [2.05, 4.69) is 37.1 Å². The molecule has 118 valence electrons. The van der Waals surface area contributed by atoms with Crippen LogP contribution in [0.4, 0.5) is 0 Å². The second-order valence-corrected chi connectivity index (χ2v) is 8.58. The lowest BCUT2D eigenvalue weighted by molar-refractivity contribution is -0.0915. The molecule has 1 N–H and O–H groups in total. The first kappa shape index (κ1) is 15.5. The van der Waals surface area contributed by atoms with Gasteiger partial charge in [-0.15, -0.1) is 11.3 Å². The minimum absolute atomic E-state index is 0.148. The monoisotopic (exact) mass is 309 g/mol. The SMILES string of the molecule is CC1c2ccsc2CCN1CC1C(O)C(C)(C)OC1(C)C. The Balaban J connectivity index is 1.78. The maximum absolute atomic E-state index is 10.7. The molecule has 0 spiro atoms. The van der Waals surface area contributed by atoms with Crippen molar-refractivity contribution in [2.24, 2.45) is 5.92 Å². The molecule has 3 heterocycles. The molecule has 0 aromatic carbocycles. The van der Waals surface area contributed by atoms with Crippen molar-refractivity contribution in [2.75, 3.05) is 13.1 Å². The van der Waals surface area contributed by atoms with E-state index in [1.807, 2.05) is 25.2 Å². The quantitative estimate of drug-likeness (QED) is 0.910. The Morgan fingerprint density at radius 3 is 2.67 bits per heavy atom. The molecule has 1 saturated heterocycles. The zero-order chi connectivity index (χ0) is 15.4. The van der Waals surface area contributed by atoms with Crippen LogP contribution in [-0.4, -0.2) is 40.4 Å². The highest BCUT2D eigenvalue weighted by Gasteiger charge is 2.53. The zero-order valence-corrected chi connectivity index (χ0v) is 14.5. The lowest BCUT2D eigenvalue weighted by Crippen LogP contribution is -2.45. The van der Waals surface area contributed by atoms with Gasteiger partial charge in [0.15, 0.2) is 0 Å². The number of aliphatic hydroxyl groups excluding tert-OH is 1. The normalized spacial score (nSPS) is 34.9. The van der Waals surface area contributed by atoms with Gasteiger partial charge in [0, 0.05) is 29.9 Å². The Kier molecular flexibility index (Phi) is 3.72. The third kappa shape index (κ3) is 2.56. The van der Waals surface area contributed by atoms with Crippen molar-refractivity contribution in [1.29, 1.82) is 0 Å². The molecule has 21 heavy (non-hydrogen) atoms. The molecular weight excluding hydrogens is 282 g/mol. The van der Waals surface area contributed by atoms with Crippen LogP contribution in [0.15, 0.2) is 11.4 Å². The number of hydrogen-bond acceptors (Lipinski definition) is 4. The summed E-state index contributed by atoms with van der Waals surface area (Å²) in [6.45, 7) is 12.5. The molecule has 1 fully saturated rings. The third-order valence-electron chi connectivity index (χ3n) is 5.35. The lowest BCUT2D eigenvalue weighted by atomic mass is 9.83. The van der Waals surface area contributed by atoms with Crippen molar-refractivity contribution in [1.82, 2.24) is 4.90 Å². The summed E-state index contributed by atoms with van der Waals surface area (Å²) in [6.07, 6.45) is 0.716. The molecule has 0 radical (unpaired) electrons. The maximum Gasteiger partial charge on any atom is 0.0896 e. The minimum Gasteiger partial charge on any atom is -0.390 e. The van der Waals surface area contributed by atoms with Crippen molar-refractivity contribution >= 4 is 11.3 Å². The zero-order valence-electron chi connectivity index (χ0n) is 13.7. The van der Waals surface area contributed by atoms with E-state index in [0.717, 1.165) is 19.5 Å². The molecule has 0 bridgehead atoms. The molecule has 0 amide bonds. The first-order valence-corrected chi connectivity index (χ1v) is 8.79. The average molecular weight is 309 g/mol. The summed E-state index contributed by atoms with van der Waals surface area (Å²) in [6, 6.07) is 2.69. The van der Waals surface area contributed by atoms with Gasteiger partial charge in [-0.3, -0.25) is 4.90 Å². The topological polar surface area (TPSA) is 32.7 Å². The molecule has 3 nitrogen and oxygen atoms in total. The number of hydrogen-bond donors (Lipinski definition) is 1. The van der Waals surface area contributed by atoms with E-state index in [-0.39, 0.29) is 11.5 Å². The van der Waals surface area contributed by atoms with Gasteiger partial charge in [-0.25, -0.2) is 0 Å². The fourth-order valence-electron chi connectivity index (χ4n) is 4.06. The summed E-state index contributed by atoms with van der Waals surface area (Å²) in [4.78, 5) is 4.04. The van der Waals surface area contributed by atoms with Crippen molar-refractivity contribution in [3.05, 3.63) is 21.9 Å². The molecule has 0 aliphatic carbocycles. The van der Waals surface area contributed by atoms with Crippen molar-refractivity contribution < 1.29 is 9.84 Å². The van der Waals surface area contributed by atoms with Gasteiger partial charge in [-0.05, 0) is 58.0 Å². The van der Waals surface area contributed by atoms with Gasteiger partial charge in [0.25, 0.3) is 0 Å². The van der Waals surface area contributed by atoms with Crippen LogP contribution in [0.3, 0.4) is 0 Å². The molecule has 3 atom stereocenters. The first-order valence-electron chi connectivity index (χ1n) is 7.91. The van der Waals surface area contributed by atoms with E-state index >= 15 is 0 Å². The van der Waals surface area contributed by atoms with Crippen LogP contribution in [0, 0.1) is 5.92 Å². The smallest absolute Gasteiger partial charge is 0.0896 e. The summed E-state index contributed by atoms with van der Waals surface area (Å²) in [5.74, 6) is 0.148. The van der Waals surface area contributed by atoms with E-state index in [4.69, 9.17) is 4.74 Å². The molecular formula is C17H27NO2S. The average Bonchev–Trinajstić information content (AvgIpc) is 2.89. The van der Waals surface area contributed by atoms with Crippen LogP contribution >= 0.6 is 11.3 Å². The number of rotatable bonds is 2. The molecule has 3 rings (SSSR count). The highest BCUT2D eigenvalue weighted by molar-refractivity contribution is 7.10. The standard InChI is InChI=1S/C17H27NO2S/c1-11-12-7-9-21-14(12)6-8-18(11)10-13-15(19)17(4,5)20-16(13,2)3/h7,9,11,13,15,19H,6,8,10H2,1-5H3.